The third kappa shape index (κ3) is 4.03. The molecule has 0 aliphatic carbocycles. The van der Waals surface area contributed by atoms with E-state index in [1.165, 1.54) is 7.11 Å². The van der Waals surface area contributed by atoms with Crippen LogP contribution in [0.5, 0.6) is 11.5 Å². The van der Waals surface area contributed by atoms with E-state index >= 15 is 0 Å². The van der Waals surface area contributed by atoms with Gasteiger partial charge in [-0.3, -0.25) is 0 Å². The highest BCUT2D eigenvalue weighted by molar-refractivity contribution is 6.01. The van der Waals surface area contributed by atoms with Gasteiger partial charge in [0, 0.05) is 25.5 Å². The summed E-state index contributed by atoms with van der Waals surface area (Å²) >= 11 is 0. The van der Waals surface area contributed by atoms with Gasteiger partial charge in [-0.05, 0) is 23.3 Å². The minimum atomic E-state index is -1.75. The highest BCUT2D eigenvalue weighted by Gasteiger charge is 2.36. The molecule has 0 aromatic heterocycles. The molecule has 3 rings (SSSR count). The molecule has 0 saturated heterocycles. The van der Waals surface area contributed by atoms with E-state index in [2.05, 4.69) is 4.74 Å². The second-order valence-corrected chi connectivity index (χ2v) is 6.98. The van der Waals surface area contributed by atoms with E-state index in [4.69, 9.17) is 14.2 Å². The van der Waals surface area contributed by atoms with Crippen molar-refractivity contribution >= 4 is 11.9 Å². The summed E-state index contributed by atoms with van der Waals surface area (Å²) in [6.07, 6.45) is -3.26. The molecular weight excluding hydrogens is 380 g/mol. The van der Waals surface area contributed by atoms with E-state index in [-0.39, 0.29) is 11.1 Å². The lowest BCUT2D eigenvalue weighted by Gasteiger charge is -2.33. The van der Waals surface area contributed by atoms with Crippen molar-refractivity contribution in [2.45, 2.75) is 31.8 Å². The first-order valence-electron chi connectivity index (χ1n) is 8.85. The molecule has 8 heteroatoms. The zero-order chi connectivity index (χ0) is 21.3. The van der Waals surface area contributed by atoms with Crippen molar-refractivity contribution in [1.82, 2.24) is 0 Å². The van der Waals surface area contributed by atoms with Gasteiger partial charge in [-0.25, -0.2) is 9.59 Å². The van der Waals surface area contributed by atoms with Crippen LogP contribution >= 0.6 is 0 Å². The summed E-state index contributed by atoms with van der Waals surface area (Å²) in [4.78, 5) is 24.2. The maximum absolute atomic E-state index is 12.7. The number of carbonyl (C=O) groups is 2. The standard InChI is InChI=1S/C21H22O8/c1-21(2)28-15-10-13(26-3)9-14(16(15)19(24)29-21)11-6-5-7-12(8-11)17(22)18(23)20(25)27-4/h5-10,17-18,22-23H,1-4H3. The summed E-state index contributed by atoms with van der Waals surface area (Å²) in [5.41, 5.74) is 1.48. The molecule has 2 unspecified atom stereocenters. The average Bonchev–Trinajstić information content (AvgIpc) is 2.70. The summed E-state index contributed by atoms with van der Waals surface area (Å²) in [5, 5.41) is 20.3. The zero-order valence-corrected chi connectivity index (χ0v) is 16.5. The van der Waals surface area contributed by atoms with Gasteiger partial charge in [0.25, 0.3) is 0 Å². The molecule has 8 nitrogen and oxygen atoms in total. The minimum Gasteiger partial charge on any atom is -0.497 e. The monoisotopic (exact) mass is 402 g/mol. The number of ether oxygens (including phenoxy) is 4. The predicted molar refractivity (Wildman–Crippen MR) is 102 cm³/mol. The summed E-state index contributed by atoms with van der Waals surface area (Å²) in [7, 11) is 2.61. The lowest BCUT2D eigenvalue weighted by atomic mass is 9.94. The molecule has 154 valence electrons. The Morgan fingerprint density at radius 2 is 1.83 bits per heavy atom. The molecule has 2 atom stereocenters. The van der Waals surface area contributed by atoms with Crippen LogP contribution in [0.25, 0.3) is 11.1 Å². The van der Waals surface area contributed by atoms with Crippen LogP contribution in [0.4, 0.5) is 0 Å². The number of benzene rings is 2. The number of aliphatic hydroxyl groups is 2. The van der Waals surface area contributed by atoms with Crippen LogP contribution in [-0.4, -0.2) is 48.3 Å². The van der Waals surface area contributed by atoms with Crippen LogP contribution < -0.4 is 9.47 Å². The molecule has 1 aliphatic heterocycles. The number of rotatable bonds is 5. The summed E-state index contributed by atoms with van der Waals surface area (Å²) in [6, 6.07) is 9.68. The van der Waals surface area contributed by atoms with Gasteiger partial charge < -0.3 is 29.2 Å². The van der Waals surface area contributed by atoms with Crippen LogP contribution in [0.1, 0.15) is 35.9 Å². The SMILES string of the molecule is COC(=O)C(O)C(O)c1cccc(-c2cc(OC)cc3c2C(=O)OC(C)(C)O3)c1. The van der Waals surface area contributed by atoms with Crippen molar-refractivity contribution in [3.63, 3.8) is 0 Å². The number of carbonyl (C=O) groups excluding carboxylic acids is 2. The molecule has 1 heterocycles. The van der Waals surface area contributed by atoms with Gasteiger partial charge in [-0.2, -0.15) is 0 Å². The van der Waals surface area contributed by atoms with Crippen LogP contribution in [0.15, 0.2) is 36.4 Å². The summed E-state index contributed by atoms with van der Waals surface area (Å²) in [6.45, 7) is 3.25. The van der Waals surface area contributed by atoms with Crippen LogP contribution in [-0.2, 0) is 14.3 Å². The fourth-order valence-corrected chi connectivity index (χ4v) is 3.11. The van der Waals surface area contributed by atoms with E-state index in [1.807, 2.05) is 0 Å². The van der Waals surface area contributed by atoms with Crippen molar-refractivity contribution < 1.29 is 38.7 Å². The maximum atomic E-state index is 12.7. The molecule has 0 bridgehead atoms. The first-order valence-corrected chi connectivity index (χ1v) is 8.85. The molecule has 0 saturated carbocycles. The Hall–Kier alpha value is -3.10. The molecule has 29 heavy (non-hydrogen) atoms. The molecule has 2 aromatic rings. The molecular formula is C21H22O8. The fourth-order valence-electron chi connectivity index (χ4n) is 3.11. The first-order chi connectivity index (χ1) is 13.7. The van der Waals surface area contributed by atoms with Gasteiger partial charge in [0.05, 0.1) is 14.2 Å². The van der Waals surface area contributed by atoms with E-state index < -0.39 is 29.9 Å². The lowest BCUT2D eigenvalue weighted by molar-refractivity contribution is -0.156. The number of aliphatic hydroxyl groups excluding tert-OH is 2. The van der Waals surface area contributed by atoms with Crippen LogP contribution in [0, 0.1) is 0 Å². The molecule has 0 fully saturated rings. The Morgan fingerprint density at radius 1 is 1.10 bits per heavy atom. The Bertz CT molecular complexity index is 950. The average molecular weight is 402 g/mol. The third-order valence-electron chi connectivity index (χ3n) is 4.49. The molecule has 2 N–H and O–H groups in total. The number of methoxy groups -OCH3 is 2. The van der Waals surface area contributed by atoms with E-state index in [0.717, 1.165) is 7.11 Å². The largest absolute Gasteiger partial charge is 0.497 e. The van der Waals surface area contributed by atoms with Crippen molar-refractivity contribution in [2.24, 2.45) is 0 Å². The smallest absolute Gasteiger partial charge is 0.345 e. The van der Waals surface area contributed by atoms with Gasteiger partial charge in [-0.1, -0.05) is 18.2 Å². The highest BCUT2D eigenvalue weighted by Crippen LogP contribution is 2.41. The number of hydrogen-bond acceptors (Lipinski definition) is 8. The number of esters is 2. The van der Waals surface area contributed by atoms with Gasteiger partial charge in [-0.15, -0.1) is 0 Å². The van der Waals surface area contributed by atoms with Gasteiger partial charge in [0.15, 0.2) is 6.10 Å². The number of cyclic esters (lactones) is 1. The molecule has 2 aromatic carbocycles. The normalized spacial score (nSPS) is 16.7. The van der Waals surface area contributed by atoms with Crippen LogP contribution in [0.3, 0.4) is 0 Å². The predicted octanol–water partition coefficient (Wildman–Crippen LogP) is 2.21. The Morgan fingerprint density at radius 3 is 2.48 bits per heavy atom. The van der Waals surface area contributed by atoms with Crippen molar-refractivity contribution in [2.75, 3.05) is 14.2 Å². The maximum Gasteiger partial charge on any atom is 0.345 e. The Kier molecular flexibility index (Phi) is 5.50. The van der Waals surface area contributed by atoms with Crippen molar-refractivity contribution in [3.05, 3.63) is 47.5 Å². The van der Waals surface area contributed by atoms with Crippen molar-refractivity contribution in [3.8, 4) is 22.6 Å². The lowest BCUT2D eigenvalue weighted by Crippen LogP contribution is -2.39. The second-order valence-electron chi connectivity index (χ2n) is 6.98. The van der Waals surface area contributed by atoms with E-state index in [0.29, 0.717) is 22.6 Å². The highest BCUT2D eigenvalue weighted by atomic mass is 16.7. The molecule has 1 aliphatic rings. The number of fused-ring (bicyclic) bond motifs is 1. The van der Waals surface area contributed by atoms with Gasteiger partial charge in [0.1, 0.15) is 23.2 Å². The molecule has 0 radical (unpaired) electrons. The fraction of sp³-hybridized carbons (Fsp3) is 0.333. The summed E-state index contributed by atoms with van der Waals surface area (Å²) < 4.78 is 20.9. The van der Waals surface area contributed by atoms with Gasteiger partial charge in [0.2, 0.25) is 5.79 Å². The van der Waals surface area contributed by atoms with Gasteiger partial charge >= 0.3 is 11.9 Å². The van der Waals surface area contributed by atoms with Crippen LogP contribution in [0.2, 0.25) is 0 Å². The third-order valence-corrected chi connectivity index (χ3v) is 4.49. The molecule has 0 amide bonds. The first kappa shape index (κ1) is 20.6. The van der Waals surface area contributed by atoms with E-state index in [1.54, 1.807) is 50.2 Å². The minimum absolute atomic E-state index is 0.213. The zero-order valence-electron chi connectivity index (χ0n) is 16.5. The van der Waals surface area contributed by atoms with E-state index in [9.17, 15) is 19.8 Å². The number of hydrogen-bond donors (Lipinski definition) is 2. The molecule has 0 spiro atoms. The van der Waals surface area contributed by atoms with Crippen molar-refractivity contribution in [1.29, 1.82) is 0 Å². The second kappa shape index (κ2) is 7.73. The Labute approximate surface area is 167 Å². The topological polar surface area (TPSA) is 112 Å². The summed E-state index contributed by atoms with van der Waals surface area (Å²) in [5.74, 6) is -1.88. The quantitative estimate of drug-likeness (QED) is 0.733. The Balaban J connectivity index is 2.10.